The predicted octanol–water partition coefficient (Wildman–Crippen LogP) is 3.34. The molecule has 0 saturated heterocycles. The first-order valence-corrected chi connectivity index (χ1v) is 7.91. The largest absolute Gasteiger partial charge is 0.394 e. The Balaban J connectivity index is 2.14. The number of nitrogens with zero attached hydrogens (tertiary/aromatic N) is 3. The topological polar surface area (TPSA) is 41.3 Å². The summed E-state index contributed by atoms with van der Waals surface area (Å²) >= 11 is 5.95. The Morgan fingerprint density at radius 2 is 1.91 bits per heavy atom. The van der Waals surface area contributed by atoms with Gasteiger partial charge in [-0.1, -0.05) is 23.7 Å². The molecule has 2 rings (SSSR count). The molecule has 0 bridgehead atoms. The van der Waals surface area contributed by atoms with Gasteiger partial charge < -0.3 is 5.11 Å². The lowest BCUT2D eigenvalue weighted by atomic mass is 10.1. The van der Waals surface area contributed by atoms with Crippen LogP contribution in [0, 0.1) is 13.8 Å². The number of halogens is 1. The second-order valence-corrected chi connectivity index (χ2v) is 6.18. The molecule has 1 unspecified atom stereocenters. The lowest BCUT2D eigenvalue weighted by molar-refractivity contribution is 0.251. The van der Waals surface area contributed by atoms with E-state index in [9.17, 15) is 0 Å². The summed E-state index contributed by atoms with van der Waals surface area (Å²) in [6, 6.07) is 8.28. The maximum atomic E-state index is 9.10. The standard InChI is InChI=1S/C17H24ClN3O/c1-12-17(14(3)21(19-12)9-10-22)11-20(4)13(2)15-5-7-16(18)8-6-15/h5-8,13,22H,9-11H2,1-4H3. The number of aliphatic hydroxyl groups excluding tert-OH is 1. The first kappa shape index (κ1) is 17.0. The van der Waals surface area contributed by atoms with E-state index in [0.717, 1.165) is 23.0 Å². The molecular weight excluding hydrogens is 298 g/mol. The fourth-order valence-corrected chi connectivity index (χ4v) is 2.78. The fraction of sp³-hybridized carbons (Fsp3) is 0.471. The molecule has 5 heteroatoms. The van der Waals surface area contributed by atoms with Gasteiger partial charge in [0.1, 0.15) is 0 Å². The van der Waals surface area contributed by atoms with E-state index < -0.39 is 0 Å². The van der Waals surface area contributed by atoms with Crippen molar-refractivity contribution in [2.24, 2.45) is 0 Å². The van der Waals surface area contributed by atoms with Gasteiger partial charge in [-0.25, -0.2) is 0 Å². The quantitative estimate of drug-likeness (QED) is 0.887. The molecule has 1 aromatic heterocycles. The Morgan fingerprint density at radius 1 is 1.27 bits per heavy atom. The molecule has 0 fully saturated rings. The van der Waals surface area contributed by atoms with E-state index >= 15 is 0 Å². The molecular formula is C17H24ClN3O. The first-order chi connectivity index (χ1) is 10.4. The van der Waals surface area contributed by atoms with Gasteiger partial charge >= 0.3 is 0 Å². The summed E-state index contributed by atoms with van der Waals surface area (Å²) in [5, 5.41) is 14.4. The summed E-state index contributed by atoms with van der Waals surface area (Å²) in [6.45, 7) is 7.75. The third-order valence-corrected chi connectivity index (χ3v) is 4.52. The van der Waals surface area contributed by atoms with Crippen molar-refractivity contribution < 1.29 is 5.11 Å². The molecule has 0 amide bonds. The van der Waals surface area contributed by atoms with Crippen LogP contribution in [0.1, 0.15) is 35.5 Å². The highest BCUT2D eigenvalue weighted by atomic mass is 35.5. The van der Waals surface area contributed by atoms with Crippen molar-refractivity contribution in [3.05, 3.63) is 51.8 Å². The second-order valence-electron chi connectivity index (χ2n) is 5.74. The molecule has 22 heavy (non-hydrogen) atoms. The van der Waals surface area contributed by atoms with Gasteiger partial charge in [0.05, 0.1) is 18.8 Å². The van der Waals surface area contributed by atoms with Gasteiger partial charge in [0, 0.05) is 28.9 Å². The molecule has 1 aromatic carbocycles. The fourth-order valence-electron chi connectivity index (χ4n) is 2.66. The van der Waals surface area contributed by atoms with Crippen molar-refractivity contribution in [1.29, 1.82) is 0 Å². The summed E-state index contributed by atoms with van der Waals surface area (Å²) in [7, 11) is 2.11. The van der Waals surface area contributed by atoms with Gasteiger partial charge in [-0.2, -0.15) is 5.10 Å². The minimum Gasteiger partial charge on any atom is -0.394 e. The van der Waals surface area contributed by atoms with E-state index in [1.807, 2.05) is 23.7 Å². The highest BCUT2D eigenvalue weighted by Crippen LogP contribution is 2.24. The third-order valence-electron chi connectivity index (χ3n) is 4.26. The van der Waals surface area contributed by atoms with Crippen LogP contribution in [0.4, 0.5) is 0 Å². The average Bonchev–Trinajstić information content (AvgIpc) is 2.75. The van der Waals surface area contributed by atoms with Crippen LogP contribution in [0.25, 0.3) is 0 Å². The van der Waals surface area contributed by atoms with Crippen LogP contribution in [0.5, 0.6) is 0 Å². The highest BCUT2D eigenvalue weighted by molar-refractivity contribution is 6.30. The smallest absolute Gasteiger partial charge is 0.0644 e. The summed E-state index contributed by atoms with van der Waals surface area (Å²) in [4.78, 5) is 2.30. The van der Waals surface area contributed by atoms with E-state index in [1.165, 1.54) is 11.1 Å². The van der Waals surface area contributed by atoms with E-state index in [0.29, 0.717) is 6.54 Å². The number of hydrogen-bond donors (Lipinski definition) is 1. The van der Waals surface area contributed by atoms with Crippen molar-refractivity contribution in [2.75, 3.05) is 13.7 Å². The molecule has 0 spiro atoms. The lowest BCUT2D eigenvalue weighted by Crippen LogP contribution is -2.22. The van der Waals surface area contributed by atoms with Gasteiger partial charge in [-0.05, 0) is 45.5 Å². The molecule has 0 aliphatic carbocycles. The zero-order valence-electron chi connectivity index (χ0n) is 13.7. The van der Waals surface area contributed by atoms with Gasteiger partial charge in [0.25, 0.3) is 0 Å². The van der Waals surface area contributed by atoms with Gasteiger partial charge in [0.15, 0.2) is 0 Å². The Kier molecular flexibility index (Phi) is 5.62. The predicted molar refractivity (Wildman–Crippen MR) is 90.1 cm³/mol. The highest BCUT2D eigenvalue weighted by Gasteiger charge is 2.17. The molecule has 120 valence electrons. The number of aryl methyl sites for hydroxylation is 1. The van der Waals surface area contributed by atoms with Crippen LogP contribution >= 0.6 is 11.6 Å². The Hall–Kier alpha value is -1.36. The molecule has 2 aromatic rings. The van der Waals surface area contributed by atoms with Crippen molar-refractivity contribution in [1.82, 2.24) is 14.7 Å². The van der Waals surface area contributed by atoms with E-state index in [4.69, 9.17) is 16.7 Å². The summed E-state index contributed by atoms with van der Waals surface area (Å²) < 4.78 is 1.88. The van der Waals surface area contributed by atoms with Gasteiger partial charge in [0.2, 0.25) is 0 Å². The number of aliphatic hydroxyl groups is 1. The normalized spacial score (nSPS) is 12.9. The maximum Gasteiger partial charge on any atom is 0.0644 e. The van der Waals surface area contributed by atoms with Crippen LogP contribution in [0.3, 0.4) is 0 Å². The van der Waals surface area contributed by atoms with E-state index in [-0.39, 0.29) is 12.6 Å². The Bertz CT molecular complexity index is 622. The average molecular weight is 322 g/mol. The molecule has 1 atom stereocenters. The molecule has 0 aliphatic rings. The van der Waals surface area contributed by atoms with Crippen LogP contribution < -0.4 is 0 Å². The first-order valence-electron chi connectivity index (χ1n) is 7.53. The molecule has 1 N–H and O–H groups in total. The Labute approximate surface area is 137 Å². The molecule has 0 saturated carbocycles. The van der Waals surface area contributed by atoms with E-state index in [2.05, 4.69) is 43.0 Å². The number of hydrogen-bond acceptors (Lipinski definition) is 3. The van der Waals surface area contributed by atoms with Gasteiger partial charge in [-0.3, -0.25) is 9.58 Å². The van der Waals surface area contributed by atoms with Crippen molar-refractivity contribution in [3.8, 4) is 0 Å². The molecule has 1 heterocycles. The van der Waals surface area contributed by atoms with Crippen LogP contribution in [-0.4, -0.2) is 33.4 Å². The maximum absolute atomic E-state index is 9.10. The third kappa shape index (κ3) is 3.69. The van der Waals surface area contributed by atoms with Crippen molar-refractivity contribution in [2.45, 2.75) is 39.9 Å². The molecule has 0 radical (unpaired) electrons. The van der Waals surface area contributed by atoms with Crippen molar-refractivity contribution >= 4 is 11.6 Å². The van der Waals surface area contributed by atoms with Gasteiger partial charge in [-0.15, -0.1) is 0 Å². The lowest BCUT2D eigenvalue weighted by Gasteiger charge is -2.25. The van der Waals surface area contributed by atoms with Crippen LogP contribution in [0.15, 0.2) is 24.3 Å². The minimum atomic E-state index is 0.110. The van der Waals surface area contributed by atoms with E-state index in [1.54, 1.807) is 0 Å². The molecule has 0 aliphatic heterocycles. The van der Waals surface area contributed by atoms with Crippen LogP contribution in [-0.2, 0) is 13.1 Å². The molecule has 4 nitrogen and oxygen atoms in total. The van der Waals surface area contributed by atoms with Crippen LogP contribution in [0.2, 0.25) is 5.02 Å². The SMILES string of the molecule is Cc1nn(CCO)c(C)c1CN(C)C(C)c1ccc(Cl)cc1. The zero-order chi connectivity index (χ0) is 16.3. The summed E-state index contributed by atoms with van der Waals surface area (Å²) in [6.07, 6.45) is 0. The minimum absolute atomic E-state index is 0.110. The summed E-state index contributed by atoms with van der Waals surface area (Å²) in [5.41, 5.74) is 4.63. The summed E-state index contributed by atoms with van der Waals surface area (Å²) in [5.74, 6) is 0. The Morgan fingerprint density at radius 3 is 2.50 bits per heavy atom. The zero-order valence-corrected chi connectivity index (χ0v) is 14.4. The number of aromatic nitrogens is 2. The number of benzene rings is 1. The second kappa shape index (κ2) is 7.27. The van der Waals surface area contributed by atoms with Crippen molar-refractivity contribution in [3.63, 3.8) is 0 Å². The number of rotatable bonds is 6. The monoisotopic (exact) mass is 321 g/mol.